The molecule has 0 amide bonds. The molecule has 6 nitrogen and oxygen atoms in total. The van der Waals surface area contributed by atoms with Gasteiger partial charge in [-0.3, -0.25) is 4.90 Å². The Bertz CT molecular complexity index is 1040. The van der Waals surface area contributed by atoms with Gasteiger partial charge in [0.25, 0.3) is 0 Å². The zero-order valence-electron chi connectivity index (χ0n) is 17.2. The van der Waals surface area contributed by atoms with Gasteiger partial charge >= 0.3 is 12.1 Å². The molecule has 31 heavy (non-hydrogen) atoms. The monoisotopic (exact) mass is 458 g/mol. The summed E-state index contributed by atoms with van der Waals surface area (Å²) in [6.07, 6.45) is -5.58. The molecule has 1 aliphatic heterocycles. The van der Waals surface area contributed by atoms with E-state index in [0.717, 1.165) is 6.42 Å². The number of carbonyl (C=O) groups excluding carboxylic acids is 1. The standard InChI is InChI=1S/C21H25F3N2O4S/c1-14-10-15(2)26(12-14)13-17(30-20(27)21(22,23)24)11-25-31(28,29)19-9-5-7-16-6-3-4-8-18(16)19/h3-9,14-15,17,25H,10-13H2,1-2H3/t14?,15?,17-/m1/s1. The van der Waals surface area contributed by atoms with Crippen molar-refractivity contribution in [2.75, 3.05) is 19.6 Å². The lowest BCUT2D eigenvalue weighted by atomic mass is 10.1. The molecule has 1 heterocycles. The average Bonchev–Trinajstić information content (AvgIpc) is 3.01. The Morgan fingerprint density at radius 3 is 2.52 bits per heavy atom. The van der Waals surface area contributed by atoms with E-state index in [1.807, 2.05) is 18.7 Å². The minimum atomic E-state index is -5.16. The number of sulfonamides is 1. The average molecular weight is 459 g/mol. The summed E-state index contributed by atoms with van der Waals surface area (Å²) in [5.74, 6) is -1.98. The number of fused-ring (bicyclic) bond motifs is 1. The number of hydrogen-bond acceptors (Lipinski definition) is 5. The highest BCUT2D eigenvalue weighted by molar-refractivity contribution is 7.89. The summed E-state index contributed by atoms with van der Waals surface area (Å²) in [5.41, 5.74) is 0. The molecule has 0 radical (unpaired) electrons. The van der Waals surface area contributed by atoms with Gasteiger partial charge in [0.2, 0.25) is 10.0 Å². The Morgan fingerprint density at radius 1 is 1.19 bits per heavy atom. The zero-order chi connectivity index (χ0) is 22.8. The van der Waals surface area contributed by atoms with E-state index in [2.05, 4.69) is 9.46 Å². The quantitative estimate of drug-likeness (QED) is 0.645. The Hall–Kier alpha value is -2.17. The Morgan fingerprint density at radius 2 is 1.87 bits per heavy atom. The summed E-state index contributed by atoms with van der Waals surface area (Å²) in [4.78, 5) is 13.3. The van der Waals surface area contributed by atoms with E-state index >= 15 is 0 Å². The molecule has 2 unspecified atom stereocenters. The molecule has 1 fully saturated rings. The molecule has 2 aromatic carbocycles. The number of esters is 1. The van der Waals surface area contributed by atoms with Crippen molar-refractivity contribution in [3.8, 4) is 0 Å². The molecule has 0 aliphatic carbocycles. The maximum absolute atomic E-state index is 12.9. The first-order chi connectivity index (χ1) is 14.5. The SMILES string of the molecule is CC1CC(C)N(C[C@@H](CNS(=O)(=O)c2cccc3ccccc23)OC(=O)C(F)(F)F)C1. The minimum absolute atomic E-state index is 0.00534. The van der Waals surface area contributed by atoms with Gasteiger partial charge in [-0.1, -0.05) is 43.3 Å². The molecule has 0 saturated carbocycles. The first-order valence-electron chi connectivity index (χ1n) is 9.96. The van der Waals surface area contributed by atoms with Crippen LogP contribution in [-0.2, 0) is 19.6 Å². The summed E-state index contributed by atoms with van der Waals surface area (Å²) >= 11 is 0. The van der Waals surface area contributed by atoms with Crippen molar-refractivity contribution in [1.82, 2.24) is 9.62 Å². The number of carbonyl (C=O) groups is 1. The fourth-order valence-corrected chi connectivity index (χ4v) is 5.27. The van der Waals surface area contributed by atoms with Crippen molar-refractivity contribution < 1.29 is 31.1 Å². The Balaban J connectivity index is 1.79. The van der Waals surface area contributed by atoms with E-state index in [1.54, 1.807) is 36.4 Å². The number of ether oxygens (including phenoxy) is 1. The smallest absolute Gasteiger partial charge is 0.453 e. The van der Waals surface area contributed by atoms with E-state index in [1.165, 1.54) is 6.07 Å². The van der Waals surface area contributed by atoms with Gasteiger partial charge in [0.05, 0.1) is 4.90 Å². The van der Waals surface area contributed by atoms with Gasteiger partial charge in [-0.2, -0.15) is 13.2 Å². The molecule has 1 saturated heterocycles. The van der Waals surface area contributed by atoms with Crippen LogP contribution in [0.5, 0.6) is 0 Å². The highest BCUT2D eigenvalue weighted by atomic mass is 32.2. The third kappa shape index (κ3) is 5.75. The van der Waals surface area contributed by atoms with Gasteiger partial charge in [-0.05, 0) is 30.7 Å². The van der Waals surface area contributed by atoms with E-state index in [-0.39, 0.29) is 17.5 Å². The molecule has 0 spiro atoms. The van der Waals surface area contributed by atoms with Crippen LogP contribution in [0.15, 0.2) is 47.4 Å². The largest absolute Gasteiger partial charge is 0.490 e. The number of nitrogens with one attached hydrogen (secondary N) is 1. The Kier molecular flexibility index (Phi) is 6.92. The molecule has 0 aromatic heterocycles. The summed E-state index contributed by atoms with van der Waals surface area (Å²) < 4.78 is 71.0. The van der Waals surface area contributed by atoms with Crippen LogP contribution in [0.2, 0.25) is 0 Å². The van der Waals surface area contributed by atoms with E-state index in [4.69, 9.17) is 0 Å². The lowest BCUT2D eigenvalue weighted by Crippen LogP contribution is -2.45. The molecule has 1 N–H and O–H groups in total. The summed E-state index contributed by atoms with van der Waals surface area (Å²) in [6.45, 7) is 4.14. The lowest BCUT2D eigenvalue weighted by molar-refractivity contribution is -0.205. The molecule has 3 atom stereocenters. The predicted molar refractivity (Wildman–Crippen MR) is 110 cm³/mol. The second-order valence-corrected chi connectivity index (χ2v) is 9.73. The van der Waals surface area contributed by atoms with Gasteiger partial charge in [0.1, 0.15) is 6.10 Å². The van der Waals surface area contributed by atoms with Crippen LogP contribution in [-0.4, -0.2) is 57.2 Å². The predicted octanol–water partition coefficient (Wildman–Crippen LogP) is 3.32. The zero-order valence-corrected chi connectivity index (χ0v) is 18.0. The molecule has 0 bridgehead atoms. The first kappa shape index (κ1) is 23.5. The van der Waals surface area contributed by atoms with Crippen LogP contribution in [0.1, 0.15) is 20.3 Å². The number of hydrogen-bond donors (Lipinski definition) is 1. The van der Waals surface area contributed by atoms with Crippen molar-refractivity contribution in [2.45, 2.75) is 43.5 Å². The van der Waals surface area contributed by atoms with Crippen molar-refractivity contribution >= 4 is 26.8 Å². The summed E-state index contributed by atoms with van der Waals surface area (Å²) in [6, 6.07) is 11.8. The van der Waals surface area contributed by atoms with Crippen molar-refractivity contribution in [3.63, 3.8) is 0 Å². The highest BCUT2D eigenvalue weighted by Gasteiger charge is 2.43. The van der Waals surface area contributed by atoms with Crippen LogP contribution in [0.25, 0.3) is 10.8 Å². The normalized spacial score (nSPS) is 21.3. The third-order valence-corrected chi connectivity index (χ3v) is 6.88. The molecule has 3 rings (SSSR count). The van der Waals surface area contributed by atoms with E-state index < -0.39 is 34.8 Å². The minimum Gasteiger partial charge on any atom is -0.453 e. The van der Waals surface area contributed by atoms with E-state index in [0.29, 0.717) is 23.2 Å². The number of rotatable bonds is 7. The molecule has 10 heteroatoms. The third-order valence-electron chi connectivity index (χ3n) is 5.40. The van der Waals surface area contributed by atoms with Crippen LogP contribution in [0.4, 0.5) is 13.2 Å². The van der Waals surface area contributed by atoms with Crippen molar-refractivity contribution in [2.24, 2.45) is 5.92 Å². The fraction of sp³-hybridized carbons (Fsp3) is 0.476. The van der Waals surface area contributed by atoms with Gasteiger partial charge in [-0.15, -0.1) is 0 Å². The van der Waals surface area contributed by atoms with Gasteiger partial charge in [0.15, 0.2) is 0 Å². The summed E-state index contributed by atoms with van der Waals surface area (Å²) in [5, 5.41) is 1.20. The van der Waals surface area contributed by atoms with Crippen molar-refractivity contribution in [1.29, 1.82) is 0 Å². The number of nitrogens with zero attached hydrogens (tertiary/aromatic N) is 1. The summed E-state index contributed by atoms with van der Waals surface area (Å²) in [7, 11) is -4.05. The maximum Gasteiger partial charge on any atom is 0.490 e. The van der Waals surface area contributed by atoms with Crippen LogP contribution < -0.4 is 4.72 Å². The van der Waals surface area contributed by atoms with Gasteiger partial charge < -0.3 is 4.74 Å². The van der Waals surface area contributed by atoms with Crippen LogP contribution in [0, 0.1) is 5.92 Å². The maximum atomic E-state index is 12.9. The fourth-order valence-electron chi connectivity index (χ4n) is 3.97. The van der Waals surface area contributed by atoms with Gasteiger partial charge in [0, 0.05) is 31.1 Å². The number of benzene rings is 2. The molecule has 170 valence electrons. The van der Waals surface area contributed by atoms with Gasteiger partial charge in [-0.25, -0.2) is 17.9 Å². The van der Waals surface area contributed by atoms with E-state index in [9.17, 15) is 26.4 Å². The topological polar surface area (TPSA) is 75.7 Å². The molecular formula is C21H25F3N2O4S. The molecule has 1 aliphatic rings. The Labute approximate surface area is 179 Å². The lowest BCUT2D eigenvalue weighted by Gasteiger charge is -2.27. The van der Waals surface area contributed by atoms with Crippen molar-refractivity contribution in [3.05, 3.63) is 42.5 Å². The second-order valence-electron chi connectivity index (χ2n) is 8.00. The highest BCUT2D eigenvalue weighted by Crippen LogP contribution is 2.25. The number of likely N-dealkylation sites (tertiary alicyclic amines) is 1. The molecule has 2 aromatic rings. The first-order valence-corrected chi connectivity index (χ1v) is 11.4. The van der Waals surface area contributed by atoms with Crippen LogP contribution in [0.3, 0.4) is 0 Å². The molecular weight excluding hydrogens is 433 g/mol. The number of halogens is 3. The van der Waals surface area contributed by atoms with Crippen LogP contribution >= 0.6 is 0 Å². The number of alkyl halides is 3. The second kappa shape index (κ2) is 9.13.